The fourth-order valence-electron chi connectivity index (χ4n) is 3.46. The highest BCUT2D eigenvalue weighted by molar-refractivity contribution is 5.95. The summed E-state index contributed by atoms with van der Waals surface area (Å²) in [4.78, 5) is 8.91. The molecule has 98 valence electrons. The zero-order valence-corrected chi connectivity index (χ0v) is 11.9. The van der Waals surface area contributed by atoms with E-state index in [2.05, 4.69) is 48.9 Å². The predicted molar refractivity (Wildman–Crippen MR) is 81.8 cm³/mol. The molecule has 0 bridgehead atoms. The zero-order chi connectivity index (χ0) is 13.9. The highest BCUT2D eigenvalue weighted by Crippen LogP contribution is 2.50. The van der Waals surface area contributed by atoms with Crippen molar-refractivity contribution in [1.29, 1.82) is 0 Å². The molecule has 0 fully saturated rings. The molecule has 2 heteroatoms. The van der Waals surface area contributed by atoms with Crippen molar-refractivity contribution in [3.63, 3.8) is 0 Å². The third-order valence-electron chi connectivity index (χ3n) is 4.59. The van der Waals surface area contributed by atoms with Gasteiger partial charge in [-0.1, -0.05) is 19.9 Å². The van der Waals surface area contributed by atoms with Crippen LogP contribution in [0.2, 0.25) is 0 Å². The third kappa shape index (κ3) is 1.29. The van der Waals surface area contributed by atoms with E-state index in [0.717, 1.165) is 5.69 Å². The molecule has 0 amide bonds. The normalized spacial score (nSPS) is 15.2. The van der Waals surface area contributed by atoms with Crippen LogP contribution in [0.5, 0.6) is 0 Å². The Kier molecular flexibility index (Phi) is 2.12. The van der Waals surface area contributed by atoms with Gasteiger partial charge in [-0.25, -0.2) is 0 Å². The van der Waals surface area contributed by atoms with Crippen LogP contribution in [-0.4, -0.2) is 9.97 Å². The average molecular weight is 260 g/mol. The Morgan fingerprint density at radius 2 is 1.90 bits per heavy atom. The summed E-state index contributed by atoms with van der Waals surface area (Å²) in [5.74, 6) is 0. The summed E-state index contributed by atoms with van der Waals surface area (Å²) < 4.78 is 0. The molecule has 0 radical (unpaired) electrons. The zero-order valence-electron chi connectivity index (χ0n) is 11.9. The SMILES string of the molecule is Cc1c2c(cc3ccncc13)C(C)(C)c1cccnc1-2. The third-order valence-corrected chi connectivity index (χ3v) is 4.59. The van der Waals surface area contributed by atoms with Crippen LogP contribution in [0.4, 0.5) is 0 Å². The summed E-state index contributed by atoms with van der Waals surface area (Å²) in [6, 6.07) is 8.63. The first-order valence-corrected chi connectivity index (χ1v) is 6.94. The highest BCUT2D eigenvalue weighted by Gasteiger charge is 2.37. The Balaban J connectivity index is 2.21. The second-order valence-corrected chi connectivity index (χ2v) is 6.05. The number of hydrogen-bond acceptors (Lipinski definition) is 2. The van der Waals surface area contributed by atoms with Crippen LogP contribution >= 0.6 is 0 Å². The molecule has 0 saturated heterocycles. The summed E-state index contributed by atoms with van der Waals surface area (Å²) >= 11 is 0. The van der Waals surface area contributed by atoms with E-state index >= 15 is 0 Å². The van der Waals surface area contributed by atoms with E-state index < -0.39 is 0 Å². The van der Waals surface area contributed by atoms with Gasteiger partial charge in [-0.3, -0.25) is 9.97 Å². The van der Waals surface area contributed by atoms with E-state index in [1.807, 2.05) is 24.7 Å². The molecule has 0 aliphatic heterocycles. The summed E-state index contributed by atoms with van der Waals surface area (Å²) in [7, 11) is 0. The second-order valence-electron chi connectivity index (χ2n) is 6.05. The lowest BCUT2D eigenvalue weighted by molar-refractivity contribution is 0.659. The monoisotopic (exact) mass is 260 g/mol. The van der Waals surface area contributed by atoms with Gasteiger partial charge in [0.1, 0.15) is 0 Å². The molecule has 0 spiro atoms. The lowest BCUT2D eigenvalue weighted by Gasteiger charge is -2.21. The number of nitrogens with zero attached hydrogens (tertiary/aromatic N) is 2. The molecule has 0 unspecified atom stereocenters. The van der Waals surface area contributed by atoms with E-state index in [1.165, 1.54) is 33.0 Å². The van der Waals surface area contributed by atoms with Crippen LogP contribution in [0.1, 0.15) is 30.5 Å². The Hall–Kier alpha value is -2.22. The molecule has 2 heterocycles. The Labute approximate surface area is 118 Å². The number of aromatic nitrogens is 2. The maximum absolute atomic E-state index is 4.64. The highest BCUT2D eigenvalue weighted by atomic mass is 14.7. The maximum atomic E-state index is 4.64. The van der Waals surface area contributed by atoms with Gasteiger partial charge >= 0.3 is 0 Å². The lowest BCUT2D eigenvalue weighted by Crippen LogP contribution is -2.15. The van der Waals surface area contributed by atoms with Crippen molar-refractivity contribution in [2.45, 2.75) is 26.2 Å². The number of aryl methyl sites for hydroxylation is 1. The van der Waals surface area contributed by atoms with Crippen molar-refractivity contribution < 1.29 is 0 Å². The van der Waals surface area contributed by atoms with Gasteiger partial charge in [-0.15, -0.1) is 0 Å². The quantitative estimate of drug-likeness (QED) is 0.604. The summed E-state index contributed by atoms with van der Waals surface area (Å²) in [6.45, 7) is 6.75. The van der Waals surface area contributed by atoms with Gasteiger partial charge in [0.25, 0.3) is 0 Å². The second kappa shape index (κ2) is 3.66. The number of rotatable bonds is 0. The van der Waals surface area contributed by atoms with Gasteiger partial charge in [0.15, 0.2) is 0 Å². The van der Waals surface area contributed by atoms with E-state index in [9.17, 15) is 0 Å². The predicted octanol–water partition coefficient (Wildman–Crippen LogP) is 4.24. The topological polar surface area (TPSA) is 25.8 Å². The number of pyridine rings is 2. The van der Waals surface area contributed by atoms with Gasteiger partial charge in [0.2, 0.25) is 0 Å². The largest absolute Gasteiger partial charge is 0.264 e. The fraction of sp³-hybridized carbons (Fsp3) is 0.222. The van der Waals surface area contributed by atoms with Gasteiger partial charge in [-0.05, 0) is 47.2 Å². The number of hydrogen-bond donors (Lipinski definition) is 0. The minimum Gasteiger partial charge on any atom is -0.264 e. The van der Waals surface area contributed by atoms with Crippen LogP contribution < -0.4 is 0 Å². The molecule has 3 aromatic rings. The summed E-state index contributed by atoms with van der Waals surface area (Å²) in [6.07, 6.45) is 5.71. The van der Waals surface area contributed by atoms with Crippen LogP contribution in [0.3, 0.4) is 0 Å². The first-order valence-electron chi connectivity index (χ1n) is 6.94. The van der Waals surface area contributed by atoms with E-state index in [1.54, 1.807) is 0 Å². The van der Waals surface area contributed by atoms with Crippen molar-refractivity contribution in [1.82, 2.24) is 9.97 Å². The molecule has 2 nitrogen and oxygen atoms in total. The molecule has 0 atom stereocenters. The van der Waals surface area contributed by atoms with Crippen LogP contribution in [0, 0.1) is 6.92 Å². The van der Waals surface area contributed by atoms with Crippen molar-refractivity contribution >= 4 is 10.8 Å². The van der Waals surface area contributed by atoms with E-state index in [4.69, 9.17) is 0 Å². The van der Waals surface area contributed by atoms with Crippen LogP contribution in [0.15, 0.2) is 42.9 Å². The van der Waals surface area contributed by atoms with Gasteiger partial charge in [0.05, 0.1) is 5.69 Å². The van der Waals surface area contributed by atoms with Gasteiger partial charge < -0.3 is 0 Å². The minimum absolute atomic E-state index is 0.0150. The van der Waals surface area contributed by atoms with Crippen molar-refractivity contribution in [3.05, 3.63) is 59.5 Å². The van der Waals surface area contributed by atoms with Crippen LogP contribution in [0.25, 0.3) is 22.0 Å². The van der Waals surface area contributed by atoms with E-state index in [0.29, 0.717) is 0 Å². The van der Waals surface area contributed by atoms with Crippen molar-refractivity contribution in [3.8, 4) is 11.3 Å². The summed E-state index contributed by atoms with van der Waals surface area (Å²) in [5, 5.41) is 2.48. The minimum atomic E-state index is 0.0150. The Morgan fingerprint density at radius 3 is 2.75 bits per heavy atom. The smallest absolute Gasteiger partial charge is 0.0748 e. The maximum Gasteiger partial charge on any atom is 0.0748 e. The molecule has 20 heavy (non-hydrogen) atoms. The Bertz CT molecular complexity index is 847. The van der Waals surface area contributed by atoms with Crippen molar-refractivity contribution in [2.24, 2.45) is 0 Å². The first-order chi connectivity index (χ1) is 9.60. The molecule has 0 saturated carbocycles. The molecule has 1 aliphatic carbocycles. The molecular weight excluding hydrogens is 244 g/mol. The first kappa shape index (κ1) is 11.6. The molecule has 2 aromatic heterocycles. The molecule has 1 aliphatic rings. The van der Waals surface area contributed by atoms with Crippen LogP contribution in [-0.2, 0) is 5.41 Å². The molecule has 4 rings (SSSR count). The standard InChI is InChI=1S/C18H16N2/c1-11-13-10-19-8-6-12(13)9-15-16(11)17-14(18(15,2)3)5-4-7-20-17/h4-10H,1-3H3. The van der Waals surface area contributed by atoms with Gasteiger partial charge in [-0.2, -0.15) is 0 Å². The summed E-state index contributed by atoms with van der Waals surface area (Å²) in [5.41, 5.74) is 6.43. The fourth-order valence-corrected chi connectivity index (χ4v) is 3.46. The Morgan fingerprint density at radius 1 is 1.05 bits per heavy atom. The lowest BCUT2D eigenvalue weighted by atomic mass is 9.81. The number of benzene rings is 1. The molecule has 0 N–H and O–H groups in total. The van der Waals surface area contributed by atoms with Crippen molar-refractivity contribution in [2.75, 3.05) is 0 Å². The molecular formula is C18H16N2. The van der Waals surface area contributed by atoms with Gasteiger partial charge in [0, 0.05) is 35.0 Å². The number of fused-ring (bicyclic) bond motifs is 4. The van der Waals surface area contributed by atoms with E-state index in [-0.39, 0.29) is 5.41 Å². The molecule has 1 aromatic carbocycles. The average Bonchev–Trinajstić information content (AvgIpc) is 2.69.